The van der Waals surface area contributed by atoms with E-state index in [9.17, 15) is 13.5 Å². The van der Waals surface area contributed by atoms with Crippen LogP contribution in [0.5, 0.6) is 5.75 Å². The van der Waals surface area contributed by atoms with Crippen LogP contribution in [0.15, 0.2) is 42.6 Å². The zero-order chi connectivity index (χ0) is 21.6. The van der Waals surface area contributed by atoms with Crippen LogP contribution in [0, 0.1) is 0 Å². The van der Waals surface area contributed by atoms with Crippen molar-refractivity contribution in [3.05, 3.63) is 53.7 Å². The van der Waals surface area contributed by atoms with Crippen molar-refractivity contribution in [1.29, 1.82) is 0 Å². The molecule has 0 radical (unpaired) electrons. The van der Waals surface area contributed by atoms with Crippen LogP contribution < -0.4 is 4.31 Å². The van der Waals surface area contributed by atoms with E-state index in [1.807, 2.05) is 24.3 Å². The Hall–Kier alpha value is -2.12. The average molecular weight is 442 g/mol. The smallest absolute Gasteiger partial charge is 0.236 e. The molecule has 1 aromatic heterocycles. The summed E-state index contributed by atoms with van der Waals surface area (Å²) in [6.07, 6.45) is 7.51. The highest BCUT2D eigenvalue weighted by Crippen LogP contribution is 2.45. The molecule has 166 valence electrons. The molecule has 1 aromatic carbocycles. The molecule has 3 heterocycles. The SMILES string of the molecule is C[C@H]1C[C@]2(CCN1Cc1ccc(O)c(C3CCC3)c1)CCS(=O)(=O)N2c1ccccn1. The summed E-state index contributed by atoms with van der Waals surface area (Å²) in [7, 11) is -3.34. The summed E-state index contributed by atoms with van der Waals surface area (Å²) in [5.41, 5.74) is 1.94. The van der Waals surface area contributed by atoms with Gasteiger partial charge in [-0.1, -0.05) is 24.6 Å². The number of anilines is 1. The summed E-state index contributed by atoms with van der Waals surface area (Å²) in [6, 6.07) is 11.8. The Morgan fingerprint density at radius 1 is 1.19 bits per heavy atom. The lowest BCUT2D eigenvalue weighted by Crippen LogP contribution is -2.56. The molecule has 3 fully saturated rings. The molecule has 7 heteroatoms. The molecule has 0 unspecified atom stereocenters. The van der Waals surface area contributed by atoms with Gasteiger partial charge in [0.2, 0.25) is 10.0 Å². The summed E-state index contributed by atoms with van der Waals surface area (Å²) < 4.78 is 27.5. The number of hydrogen-bond acceptors (Lipinski definition) is 5. The highest BCUT2D eigenvalue weighted by atomic mass is 32.2. The van der Waals surface area contributed by atoms with E-state index >= 15 is 0 Å². The predicted molar refractivity (Wildman–Crippen MR) is 122 cm³/mol. The number of sulfonamides is 1. The van der Waals surface area contributed by atoms with Crippen molar-refractivity contribution >= 4 is 15.8 Å². The quantitative estimate of drug-likeness (QED) is 0.776. The first-order chi connectivity index (χ1) is 14.9. The highest BCUT2D eigenvalue weighted by Gasteiger charge is 2.53. The molecule has 2 aliphatic heterocycles. The van der Waals surface area contributed by atoms with Gasteiger partial charge < -0.3 is 5.11 Å². The number of phenols is 1. The van der Waals surface area contributed by atoms with E-state index < -0.39 is 10.0 Å². The molecule has 3 aliphatic rings. The third kappa shape index (κ3) is 3.72. The normalized spacial score (nSPS) is 28.7. The molecule has 5 rings (SSSR count). The third-order valence-corrected chi connectivity index (χ3v) is 9.43. The summed E-state index contributed by atoms with van der Waals surface area (Å²) in [5.74, 6) is 1.65. The molecule has 2 atom stereocenters. The van der Waals surface area contributed by atoms with Crippen molar-refractivity contribution in [2.24, 2.45) is 0 Å². The fourth-order valence-electron chi connectivity index (χ4n) is 5.65. The van der Waals surface area contributed by atoms with Gasteiger partial charge in [0.25, 0.3) is 0 Å². The molecule has 0 amide bonds. The second-order valence-electron chi connectivity index (χ2n) is 9.54. The summed E-state index contributed by atoms with van der Waals surface area (Å²) in [4.78, 5) is 6.82. The number of nitrogens with zero attached hydrogens (tertiary/aromatic N) is 3. The largest absolute Gasteiger partial charge is 0.508 e. The molecular weight excluding hydrogens is 410 g/mol. The maximum atomic E-state index is 12.9. The van der Waals surface area contributed by atoms with E-state index in [-0.39, 0.29) is 17.3 Å². The summed E-state index contributed by atoms with van der Waals surface area (Å²) in [5, 5.41) is 10.3. The van der Waals surface area contributed by atoms with E-state index in [0.29, 0.717) is 23.9 Å². The molecule has 1 aliphatic carbocycles. The van der Waals surface area contributed by atoms with Crippen LogP contribution in [0.25, 0.3) is 0 Å². The van der Waals surface area contributed by atoms with E-state index in [1.165, 1.54) is 12.0 Å². The van der Waals surface area contributed by atoms with Crippen LogP contribution in [0.3, 0.4) is 0 Å². The highest BCUT2D eigenvalue weighted by molar-refractivity contribution is 7.93. The molecule has 1 spiro atoms. The number of piperidine rings is 1. The van der Waals surface area contributed by atoms with Gasteiger partial charge in [-0.3, -0.25) is 4.90 Å². The van der Waals surface area contributed by atoms with Gasteiger partial charge in [0.1, 0.15) is 11.6 Å². The van der Waals surface area contributed by atoms with E-state index in [1.54, 1.807) is 16.6 Å². The van der Waals surface area contributed by atoms with Gasteiger partial charge >= 0.3 is 0 Å². The molecular formula is C24H31N3O3S. The van der Waals surface area contributed by atoms with Crippen molar-refractivity contribution < 1.29 is 13.5 Å². The van der Waals surface area contributed by atoms with E-state index in [0.717, 1.165) is 44.3 Å². The van der Waals surface area contributed by atoms with Gasteiger partial charge in [0, 0.05) is 25.3 Å². The first-order valence-corrected chi connectivity index (χ1v) is 13.0. The fraction of sp³-hybridized carbons (Fsp3) is 0.542. The van der Waals surface area contributed by atoms with Crippen molar-refractivity contribution in [1.82, 2.24) is 9.88 Å². The van der Waals surface area contributed by atoms with Gasteiger partial charge in [-0.05, 0) is 74.3 Å². The Morgan fingerprint density at radius 3 is 2.71 bits per heavy atom. The molecule has 1 saturated carbocycles. The maximum absolute atomic E-state index is 12.9. The van der Waals surface area contributed by atoms with Gasteiger partial charge in [-0.25, -0.2) is 17.7 Å². The first-order valence-electron chi connectivity index (χ1n) is 11.4. The van der Waals surface area contributed by atoms with Crippen molar-refractivity contribution in [3.63, 3.8) is 0 Å². The minimum Gasteiger partial charge on any atom is -0.508 e. The van der Waals surface area contributed by atoms with Crippen LogP contribution in [-0.2, 0) is 16.6 Å². The zero-order valence-corrected chi connectivity index (χ0v) is 18.9. The lowest BCUT2D eigenvalue weighted by Gasteiger charge is -2.47. The van der Waals surface area contributed by atoms with Crippen molar-refractivity contribution in [3.8, 4) is 5.75 Å². The number of phenolic OH excluding ortho intramolecular Hbond substituents is 1. The minimum atomic E-state index is -3.34. The molecule has 6 nitrogen and oxygen atoms in total. The second kappa shape index (κ2) is 7.78. The van der Waals surface area contributed by atoms with E-state index in [2.05, 4.69) is 22.9 Å². The van der Waals surface area contributed by atoms with Gasteiger partial charge in [0.15, 0.2) is 0 Å². The Kier molecular flexibility index (Phi) is 5.21. The Bertz CT molecular complexity index is 1050. The molecule has 1 N–H and O–H groups in total. The Morgan fingerprint density at radius 2 is 2.03 bits per heavy atom. The van der Waals surface area contributed by atoms with Crippen LogP contribution in [-0.4, -0.2) is 47.3 Å². The number of pyridine rings is 1. The first kappa shape index (κ1) is 20.8. The van der Waals surface area contributed by atoms with Crippen LogP contribution in [0.2, 0.25) is 0 Å². The minimum absolute atomic E-state index is 0.193. The summed E-state index contributed by atoms with van der Waals surface area (Å²) in [6.45, 7) is 3.88. The monoisotopic (exact) mass is 441 g/mol. The Labute approximate surface area is 185 Å². The van der Waals surface area contributed by atoms with Crippen LogP contribution in [0.1, 0.15) is 62.5 Å². The van der Waals surface area contributed by atoms with Crippen molar-refractivity contribution in [2.75, 3.05) is 16.6 Å². The fourth-order valence-corrected chi connectivity index (χ4v) is 7.71. The van der Waals surface area contributed by atoms with Gasteiger partial charge in [-0.2, -0.15) is 0 Å². The van der Waals surface area contributed by atoms with Crippen molar-refractivity contribution in [2.45, 2.75) is 69.5 Å². The molecule has 31 heavy (non-hydrogen) atoms. The average Bonchev–Trinajstić information content (AvgIpc) is 2.96. The van der Waals surface area contributed by atoms with Crippen LogP contribution in [0.4, 0.5) is 5.82 Å². The predicted octanol–water partition coefficient (Wildman–Crippen LogP) is 4.02. The number of rotatable bonds is 4. The zero-order valence-electron chi connectivity index (χ0n) is 18.1. The topological polar surface area (TPSA) is 73.7 Å². The number of aromatic hydroxyl groups is 1. The van der Waals surface area contributed by atoms with Crippen LogP contribution >= 0.6 is 0 Å². The van der Waals surface area contributed by atoms with Gasteiger partial charge in [0.05, 0.1) is 11.3 Å². The van der Waals surface area contributed by atoms with Gasteiger partial charge in [-0.15, -0.1) is 0 Å². The lowest BCUT2D eigenvalue weighted by atomic mass is 9.79. The second-order valence-corrected chi connectivity index (χ2v) is 11.5. The lowest BCUT2D eigenvalue weighted by molar-refractivity contribution is 0.102. The number of hydrogen-bond donors (Lipinski definition) is 1. The summed E-state index contributed by atoms with van der Waals surface area (Å²) >= 11 is 0. The van der Waals surface area contributed by atoms with E-state index in [4.69, 9.17) is 0 Å². The molecule has 2 aromatic rings. The number of benzene rings is 1. The molecule has 2 saturated heterocycles. The Balaban J connectivity index is 1.35. The number of aromatic nitrogens is 1. The molecule has 0 bridgehead atoms. The third-order valence-electron chi connectivity index (χ3n) is 7.58. The maximum Gasteiger partial charge on any atom is 0.236 e. The standard InChI is InChI=1S/C24H31N3O3S/c1-18-16-24(11-14-31(29,30)27(24)23-7-2-3-12-25-23)10-13-26(18)17-19-8-9-22(28)21(15-19)20-5-4-6-20/h2-3,7-9,12,15,18,20,28H,4-6,10-11,13-14,16-17H2,1H3/t18-,24-/m0/s1. The number of likely N-dealkylation sites (tertiary alicyclic amines) is 1.